The highest BCUT2D eigenvalue weighted by Crippen LogP contribution is 2.13. The Bertz CT molecular complexity index is 396. The molecule has 0 aromatic heterocycles. The van der Waals surface area contributed by atoms with E-state index in [1.165, 1.54) is 0 Å². The van der Waals surface area contributed by atoms with Crippen LogP contribution in [0.25, 0.3) is 0 Å². The summed E-state index contributed by atoms with van der Waals surface area (Å²) in [5.41, 5.74) is 6.94. The van der Waals surface area contributed by atoms with Gasteiger partial charge in [0.05, 0.1) is 10.8 Å². The summed E-state index contributed by atoms with van der Waals surface area (Å²) in [6.45, 7) is 0. The van der Waals surface area contributed by atoms with Gasteiger partial charge in [-0.2, -0.15) is 4.99 Å². The van der Waals surface area contributed by atoms with E-state index in [-0.39, 0.29) is 0 Å². The Balaban J connectivity index is 2.72. The number of carboxylic acids is 1. The van der Waals surface area contributed by atoms with Crippen molar-refractivity contribution in [3.8, 4) is 0 Å². The molecule has 0 aliphatic rings. The number of benzene rings is 1. The van der Waals surface area contributed by atoms with Crippen LogP contribution < -0.4 is 5.73 Å². The van der Waals surface area contributed by atoms with Crippen LogP contribution in [0.5, 0.6) is 0 Å². The zero-order chi connectivity index (χ0) is 11.3. The van der Waals surface area contributed by atoms with Crippen molar-refractivity contribution in [3.63, 3.8) is 0 Å². The first-order valence-electron chi connectivity index (χ1n) is 4.28. The van der Waals surface area contributed by atoms with Gasteiger partial charge in [-0.25, -0.2) is 0 Å². The van der Waals surface area contributed by atoms with Gasteiger partial charge in [-0.1, -0.05) is 12.1 Å². The quantitative estimate of drug-likeness (QED) is 0.596. The molecule has 78 valence electrons. The number of aliphatic imine (C=N–C) groups is 1. The first-order chi connectivity index (χ1) is 7.13. The fourth-order valence-electron chi connectivity index (χ4n) is 1.10. The molecule has 1 aromatic rings. The third-order valence-corrected chi connectivity index (χ3v) is 1.98. The van der Waals surface area contributed by atoms with Gasteiger partial charge in [-0.05, 0) is 36.3 Å². The van der Waals surface area contributed by atoms with E-state index in [1.54, 1.807) is 24.3 Å². The second kappa shape index (κ2) is 5.36. The molecule has 5 heteroatoms. The molecule has 0 saturated carbocycles. The molecular formula is C10H10N2O2S. The van der Waals surface area contributed by atoms with Crippen molar-refractivity contribution < 1.29 is 9.90 Å². The first kappa shape index (κ1) is 11.5. The van der Waals surface area contributed by atoms with Crippen molar-refractivity contribution in [1.29, 1.82) is 0 Å². The Labute approximate surface area is 92.4 Å². The minimum absolute atomic E-state index is 0.302. The van der Waals surface area contributed by atoms with Gasteiger partial charge in [0.15, 0.2) is 0 Å². The Morgan fingerprint density at radius 3 is 2.60 bits per heavy atom. The van der Waals surface area contributed by atoms with Crippen LogP contribution in [0.3, 0.4) is 0 Å². The predicted octanol–water partition coefficient (Wildman–Crippen LogP) is 1.38. The molecule has 4 nitrogen and oxygen atoms in total. The zero-order valence-corrected chi connectivity index (χ0v) is 8.70. The molecule has 1 rings (SSSR count). The van der Waals surface area contributed by atoms with Gasteiger partial charge in [-0.3, -0.25) is 4.79 Å². The molecule has 15 heavy (non-hydrogen) atoms. The highest BCUT2D eigenvalue weighted by molar-refractivity contribution is 7.78. The van der Waals surface area contributed by atoms with E-state index in [1.807, 2.05) is 0 Å². The van der Waals surface area contributed by atoms with Gasteiger partial charge in [0, 0.05) is 0 Å². The maximum atomic E-state index is 10.5. The highest BCUT2D eigenvalue weighted by Gasteiger charge is 2.11. The third-order valence-electron chi connectivity index (χ3n) is 1.88. The van der Waals surface area contributed by atoms with Gasteiger partial charge < -0.3 is 10.8 Å². The fourth-order valence-corrected chi connectivity index (χ4v) is 1.21. The Kier molecular flexibility index (Phi) is 4.12. The molecule has 3 N–H and O–H groups in total. The van der Waals surface area contributed by atoms with Crippen molar-refractivity contribution >= 4 is 29.0 Å². The molecular weight excluding hydrogens is 212 g/mol. The van der Waals surface area contributed by atoms with Crippen LogP contribution in [0.2, 0.25) is 0 Å². The average Bonchev–Trinajstić information content (AvgIpc) is 2.21. The first-order valence-corrected chi connectivity index (χ1v) is 4.69. The average molecular weight is 222 g/mol. The van der Waals surface area contributed by atoms with Crippen LogP contribution in [0.15, 0.2) is 29.3 Å². The largest absolute Gasteiger partial charge is 0.480 e. The number of carbonyl (C=O) groups is 1. The second-order valence-corrected chi connectivity index (χ2v) is 3.20. The Morgan fingerprint density at radius 2 is 2.13 bits per heavy atom. The lowest BCUT2D eigenvalue weighted by atomic mass is 10.1. The van der Waals surface area contributed by atoms with Crippen LogP contribution >= 0.6 is 12.2 Å². The number of hydrogen-bond donors (Lipinski definition) is 2. The van der Waals surface area contributed by atoms with E-state index >= 15 is 0 Å². The number of nitrogens with two attached hydrogens (primary N) is 1. The lowest BCUT2D eigenvalue weighted by Crippen LogP contribution is -2.32. The normalized spacial score (nSPS) is 11.5. The summed E-state index contributed by atoms with van der Waals surface area (Å²) >= 11 is 4.46. The number of hydrogen-bond acceptors (Lipinski definition) is 4. The SMILES string of the molecule is NC(Cc1ccc(N=C=S)cc1)C(=O)O. The van der Waals surface area contributed by atoms with Crippen molar-refractivity contribution in [3.05, 3.63) is 29.8 Å². The molecule has 0 radical (unpaired) electrons. The number of nitrogens with zero attached hydrogens (tertiary/aromatic N) is 1. The van der Waals surface area contributed by atoms with E-state index in [0.717, 1.165) is 5.56 Å². The van der Waals surface area contributed by atoms with E-state index in [9.17, 15) is 4.79 Å². The van der Waals surface area contributed by atoms with Crippen molar-refractivity contribution in [2.75, 3.05) is 0 Å². The predicted molar refractivity (Wildman–Crippen MR) is 60.4 cm³/mol. The van der Waals surface area contributed by atoms with Crippen LogP contribution in [0.4, 0.5) is 5.69 Å². The minimum atomic E-state index is -1.00. The topological polar surface area (TPSA) is 75.7 Å². The summed E-state index contributed by atoms with van der Waals surface area (Å²) in [4.78, 5) is 14.3. The number of rotatable bonds is 4. The molecule has 0 amide bonds. The number of isothiocyanates is 1. The molecule has 0 aliphatic carbocycles. The van der Waals surface area contributed by atoms with Crippen LogP contribution in [-0.2, 0) is 11.2 Å². The van der Waals surface area contributed by atoms with E-state index in [2.05, 4.69) is 22.4 Å². The maximum absolute atomic E-state index is 10.5. The highest BCUT2D eigenvalue weighted by atomic mass is 32.1. The van der Waals surface area contributed by atoms with Crippen molar-refractivity contribution in [2.24, 2.45) is 10.7 Å². The zero-order valence-electron chi connectivity index (χ0n) is 7.88. The number of carboxylic acid groups (broad SMARTS) is 1. The lowest BCUT2D eigenvalue weighted by molar-refractivity contribution is -0.138. The standard InChI is InChI=1S/C10H10N2O2S/c11-9(10(13)14)5-7-1-3-8(4-2-7)12-6-15/h1-4,9H,5,11H2,(H,13,14). The summed E-state index contributed by atoms with van der Waals surface area (Å²) in [7, 11) is 0. The Hall–Kier alpha value is -1.55. The fraction of sp³-hybridized carbons (Fsp3) is 0.200. The molecule has 1 aromatic carbocycles. The third kappa shape index (κ3) is 3.59. The summed E-state index contributed by atoms with van der Waals surface area (Å²) < 4.78 is 0. The summed E-state index contributed by atoms with van der Waals surface area (Å²) in [6.07, 6.45) is 0.302. The molecule has 0 saturated heterocycles. The summed E-state index contributed by atoms with van der Waals surface area (Å²) in [5.74, 6) is -1.00. The molecule has 0 heterocycles. The molecule has 0 bridgehead atoms. The van der Waals surface area contributed by atoms with Crippen LogP contribution in [0.1, 0.15) is 5.56 Å². The smallest absolute Gasteiger partial charge is 0.320 e. The van der Waals surface area contributed by atoms with Crippen molar-refractivity contribution in [1.82, 2.24) is 0 Å². The lowest BCUT2D eigenvalue weighted by Gasteiger charge is -2.05. The number of thiocarbonyl (C=S) groups is 1. The maximum Gasteiger partial charge on any atom is 0.320 e. The molecule has 0 fully saturated rings. The minimum Gasteiger partial charge on any atom is -0.480 e. The van der Waals surface area contributed by atoms with Gasteiger partial charge in [0.1, 0.15) is 6.04 Å². The summed E-state index contributed by atoms with van der Waals surface area (Å²) in [5, 5.41) is 10.9. The molecule has 1 atom stereocenters. The van der Waals surface area contributed by atoms with E-state index < -0.39 is 12.0 Å². The second-order valence-electron chi connectivity index (χ2n) is 3.02. The molecule has 0 aliphatic heterocycles. The van der Waals surface area contributed by atoms with Crippen LogP contribution in [-0.4, -0.2) is 22.3 Å². The van der Waals surface area contributed by atoms with Gasteiger partial charge in [0.25, 0.3) is 0 Å². The summed E-state index contributed by atoms with van der Waals surface area (Å²) in [6, 6.07) is 6.15. The van der Waals surface area contributed by atoms with E-state index in [0.29, 0.717) is 12.1 Å². The van der Waals surface area contributed by atoms with E-state index in [4.69, 9.17) is 10.8 Å². The van der Waals surface area contributed by atoms with Gasteiger partial charge in [-0.15, -0.1) is 0 Å². The monoisotopic (exact) mass is 222 g/mol. The number of aliphatic carboxylic acids is 1. The molecule has 0 spiro atoms. The van der Waals surface area contributed by atoms with Crippen LogP contribution in [0, 0.1) is 0 Å². The van der Waals surface area contributed by atoms with Gasteiger partial charge >= 0.3 is 5.97 Å². The van der Waals surface area contributed by atoms with Gasteiger partial charge in [0.2, 0.25) is 0 Å². The molecule has 1 unspecified atom stereocenters. The Morgan fingerprint density at radius 1 is 1.53 bits per heavy atom. The van der Waals surface area contributed by atoms with Crippen molar-refractivity contribution in [2.45, 2.75) is 12.5 Å².